The van der Waals surface area contributed by atoms with E-state index in [0.29, 0.717) is 0 Å². The second-order valence-corrected chi connectivity index (χ2v) is 5.85. The summed E-state index contributed by atoms with van der Waals surface area (Å²) in [6, 6.07) is 22.7. The van der Waals surface area contributed by atoms with E-state index >= 15 is 0 Å². The lowest BCUT2D eigenvalue weighted by molar-refractivity contribution is 0.415. The summed E-state index contributed by atoms with van der Waals surface area (Å²) in [5, 5.41) is 0. The van der Waals surface area contributed by atoms with E-state index in [4.69, 9.17) is 9.47 Å². The third-order valence-electron chi connectivity index (χ3n) is 4.29. The SMILES string of the molecule is C=C/C=C/c1cc(-c2ccc(OC)cc2)ccc1-c1ccc(OC)cc1. The molecule has 0 radical (unpaired) electrons. The molecule has 0 atom stereocenters. The molecule has 0 aromatic heterocycles. The van der Waals surface area contributed by atoms with Crippen molar-refractivity contribution in [2.75, 3.05) is 14.2 Å². The van der Waals surface area contributed by atoms with Gasteiger partial charge in [-0.15, -0.1) is 0 Å². The van der Waals surface area contributed by atoms with Gasteiger partial charge in [0.2, 0.25) is 0 Å². The predicted molar refractivity (Wildman–Crippen MR) is 110 cm³/mol. The van der Waals surface area contributed by atoms with E-state index < -0.39 is 0 Å². The molecule has 3 aromatic rings. The van der Waals surface area contributed by atoms with Gasteiger partial charge in [-0.05, 0) is 58.1 Å². The van der Waals surface area contributed by atoms with Gasteiger partial charge < -0.3 is 9.47 Å². The lowest BCUT2D eigenvalue weighted by Gasteiger charge is -2.11. The van der Waals surface area contributed by atoms with Gasteiger partial charge in [0.05, 0.1) is 14.2 Å². The van der Waals surface area contributed by atoms with Gasteiger partial charge >= 0.3 is 0 Å². The number of methoxy groups -OCH3 is 2. The van der Waals surface area contributed by atoms with Crippen molar-refractivity contribution >= 4 is 6.08 Å². The molecule has 130 valence electrons. The summed E-state index contributed by atoms with van der Waals surface area (Å²) in [5.74, 6) is 1.71. The van der Waals surface area contributed by atoms with Gasteiger partial charge in [0, 0.05) is 0 Å². The number of ether oxygens (including phenoxy) is 2. The lowest BCUT2D eigenvalue weighted by atomic mass is 9.94. The van der Waals surface area contributed by atoms with E-state index in [2.05, 4.69) is 55.1 Å². The van der Waals surface area contributed by atoms with E-state index in [1.54, 1.807) is 20.3 Å². The van der Waals surface area contributed by atoms with Crippen LogP contribution in [-0.4, -0.2) is 14.2 Å². The molecule has 0 saturated heterocycles. The Hall–Kier alpha value is -3.26. The molecule has 26 heavy (non-hydrogen) atoms. The van der Waals surface area contributed by atoms with Gasteiger partial charge in [0.15, 0.2) is 0 Å². The predicted octanol–water partition coefficient (Wildman–Crippen LogP) is 6.24. The average Bonchev–Trinajstić information content (AvgIpc) is 2.72. The molecule has 0 aliphatic carbocycles. The van der Waals surface area contributed by atoms with Crippen molar-refractivity contribution in [1.82, 2.24) is 0 Å². The van der Waals surface area contributed by atoms with Crippen LogP contribution in [0.3, 0.4) is 0 Å². The van der Waals surface area contributed by atoms with Gasteiger partial charge in [-0.3, -0.25) is 0 Å². The van der Waals surface area contributed by atoms with Crippen LogP contribution in [0.15, 0.2) is 85.5 Å². The van der Waals surface area contributed by atoms with Gasteiger partial charge in [0.1, 0.15) is 11.5 Å². The molecule has 0 aliphatic heterocycles. The molecule has 0 spiro atoms. The molecule has 2 nitrogen and oxygen atoms in total. The number of rotatable bonds is 6. The van der Waals surface area contributed by atoms with Crippen LogP contribution in [-0.2, 0) is 0 Å². The second-order valence-electron chi connectivity index (χ2n) is 5.85. The van der Waals surface area contributed by atoms with E-state index in [1.807, 2.05) is 30.3 Å². The third kappa shape index (κ3) is 3.86. The van der Waals surface area contributed by atoms with Crippen molar-refractivity contribution in [2.24, 2.45) is 0 Å². The first-order chi connectivity index (χ1) is 12.7. The molecule has 0 saturated carbocycles. The smallest absolute Gasteiger partial charge is 0.118 e. The first-order valence-electron chi connectivity index (χ1n) is 8.47. The van der Waals surface area contributed by atoms with Crippen molar-refractivity contribution in [3.63, 3.8) is 0 Å². The van der Waals surface area contributed by atoms with E-state index in [1.165, 1.54) is 5.56 Å². The molecule has 2 heteroatoms. The number of hydrogen-bond donors (Lipinski definition) is 0. The highest BCUT2D eigenvalue weighted by atomic mass is 16.5. The van der Waals surface area contributed by atoms with Crippen molar-refractivity contribution in [1.29, 1.82) is 0 Å². The quantitative estimate of drug-likeness (QED) is 0.494. The highest BCUT2D eigenvalue weighted by Crippen LogP contribution is 2.31. The molecule has 0 heterocycles. The molecule has 0 aliphatic rings. The Morgan fingerprint density at radius 2 is 1.23 bits per heavy atom. The van der Waals surface area contributed by atoms with Crippen LogP contribution in [0.1, 0.15) is 5.56 Å². The third-order valence-corrected chi connectivity index (χ3v) is 4.29. The Labute approximate surface area is 155 Å². The monoisotopic (exact) mass is 342 g/mol. The van der Waals surface area contributed by atoms with E-state index in [-0.39, 0.29) is 0 Å². The van der Waals surface area contributed by atoms with Crippen LogP contribution in [0.2, 0.25) is 0 Å². The fourth-order valence-electron chi connectivity index (χ4n) is 2.87. The van der Waals surface area contributed by atoms with Crippen molar-refractivity contribution in [3.05, 3.63) is 91.0 Å². The first-order valence-corrected chi connectivity index (χ1v) is 8.47. The molecule has 3 aromatic carbocycles. The molecule has 0 amide bonds. The average molecular weight is 342 g/mol. The van der Waals surface area contributed by atoms with Crippen LogP contribution in [0.5, 0.6) is 11.5 Å². The van der Waals surface area contributed by atoms with Gasteiger partial charge in [-0.25, -0.2) is 0 Å². The van der Waals surface area contributed by atoms with Gasteiger partial charge in [-0.1, -0.05) is 61.2 Å². The molecule has 3 rings (SSSR count). The fourth-order valence-corrected chi connectivity index (χ4v) is 2.87. The first kappa shape index (κ1) is 17.6. The van der Waals surface area contributed by atoms with E-state index in [9.17, 15) is 0 Å². The Morgan fingerprint density at radius 3 is 1.77 bits per heavy atom. The minimum Gasteiger partial charge on any atom is -0.497 e. The molecule has 0 unspecified atom stereocenters. The Morgan fingerprint density at radius 1 is 0.692 bits per heavy atom. The maximum Gasteiger partial charge on any atom is 0.118 e. The summed E-state index contributed by atoms with van der Waals surface area (Å²) in [4.78, 5) is 0. The summed E-state index contributed by atoms with van der Waals surface area (Å²) < 4.78 is 10.5. The van der Waals surface area contributed by atoms with Crippen molar-refractivity contribution in [3.8, 4) is 33.8 Å². The zero-order valence-electron chi connectivity index (χ0n) is 15.1. The highest BCUT2D eigenvalue weighted by Gasteiger charge is 2.07. The molecule has 0 bridgehead atoms. The molecule has 0 N–H and O–H groups in total. The summed E-state index contributed by atoms with van der Waals surface area (Å²) >= 11 is 0. The number of benzene rings is 3. The number of allylic oxidation sites excluding steroid dienone is 2. The van der Waals surface area contributed by atoms with Gasteiger partial charge in [-0.2, -0.15) is 0 Å². The zero-order chi connectivity index (χ0) is 18.4. The maximum absolute atomic E-state index is 5.26. The summed E-state index contributed by atoms with van der Waals surface area (Å²) in [6.07, 6.45) is 5.83. The molecular formula is C24H22O2. The molecule has 0 fully saturated rings. The summed E-state index contributed by atoms with van der Waals surface area (Å²) in [7, 11) is 3.35. The van der Waals surface area contributed by atoms with Crippen molar-refractivity contribution in [2.45, 2.75) is 0 Å². The van der Waals surface area contributed by atoms with Gasteiger partial charge in [0.25, 0.3) is 0 Å². The lowest BCUT2D eigenvalue weighted by Crippen LogP contribution is -1.88. The topological polar surface area (TPSA) is 18.5 Å². The van der Waals surface area contributed by atoms with Crippen LogP contribution < -0.4 is 9.47 Å². The summed E-state index contributed by atoms with van der Waals surface area (Å²) in [6.45, 7) is 3.78. The fraction of sp³-hybridized carbons (Fsp3) is 0.0833. The Balaban J connectivity index is 2.04. The summed E-state index contributed by atoms with van der Waals surface area (Å²) in [5.41, 5.74) is 5.77. The van der Waals surface area contributed by atoms with Crippen LogP contribution >= 0.6 is 0 Å². The minimum atomic E-state index is 0.854. The van der Waals surface area contributed by atoms with Crippen LogP contribution in [0, 0.1) is 0 Å². The van der Waals surface area contributed by atoms with Crippen molar-refractivity contribution < 1.29 is 9.47 Å². The Kier molecular flexibility index (Phi) is 5.55. The van der Waals surface area contributed by atoms with Crippen LogP contribution in [0.25, 0.3) is 28.3 Å². The maximum atomic E-state index is 5.26. The largest absolute Gasteiger partial charge is 0.497 e. The zero-order valence-corrected chi connectivity index (χ0v) is 15.1. The Bertz CT molecular complexity index is 904. The normalized spacial score (nSPS) is 10.7. The molecular weight excluding hydrogens is 320 g/mol. The highest BCUT2D eigenvalue weighted by molar-refractivity contribution is 5.80. The van der Waals surface area contributed by atoms with E-state index in [0.717, 1.165) is 33.8 Å². The standard InChI is InChI=1S/C24H22O2/c1-4-5-6-21-17-20(18-7-12-22(25-2)13-8-18)11-16-24(21)19-9-14-23(26-3)15-10-19/h4-17H,1H2,2-3H3/b6-5+. The second kappa shape index (κ2) is 8.21. The van der Waals surface area contributed by atoms with Crippen LogP contribution in [0.4, 0.5) is 0 Å². The minimum absolute atomic E-state index is 0.854. The number of hydrogen-bond acceptors (Lipinski definition) is 2.